The first-order chi connectivity index (χ1) is 13.2. The standard InChI is InChI=1S/C22H20N4O/c1-14(27)21-19-7-2-3-8-20(19)26(25-21)22-23-12-18(13-24-22)17-6-4-5-16(11-17)15-9-10-15/h2-8,11-15,27H,9-10H2,1H3. The van der Waals surface area contributed by atoms with Gasteiger partial charge in [-0.1, -0.05) is 42.5 Å². The number of rotatable bonds is 4. The fourth-order valence-electron chi connectivity index (χ4n) is 3.52. The van der Waals surface area contributed by atoms with Crippen LogP contribution in [0.25, 0.3) is 28.0 Å². The number of benzene rings is 2. The summed E-state index contributed by atoms with van der Waals surface area (Å²) in [4.78, 5) is 9.09. The maximum absolute atomic E-state index is 10.0. The topological polar surface area (TPSA) is 63.8 Å². The predicted octanol–water partition coefficient (Wildman–Crippen LogP) is 4.41. The van der Waals surface area contributed by atoms with Crippen LogP contribution in [0.5, 0.6) is 0 Å². The Bertz CT molecular complexity index is 1110. The van der Waals surface area contributed by atoms with E-state index in [0.717, 1.165) is 27.9 Å². The molecule has 0 spiro atoms. The third kappa shape index (κ3) is 2.90. The van der Waals surface area contributed by atoms with Crippen molar-refractivity contribution in [3.63, 3.8) is 0 Å². The van der Waals surface area contributed by atoms with E-state index in [1.807, 2.05) is 36.7 Å². The molecule has 4 aromatic rings. The number of para-hydroxylation sites is 1. The van der Waals surface area contributed by atoms with Gasteiger partial charge in [-0.25, -0.2) is 9.97 Å². The molecule has 0 saturated heterocycles. The zero-order valence-electron chi connectivity index (χ0n) is 15.1. The van der Waals surface area contributed by atoms with Gasteiger partial charge < -0.3 is 5.11 Å². The molecule has 1 atom stereocenters. The van der Waals surface area contributed by atoms with Crippen LogP contribution in [0.15, 0.2) is 60.9 Å². The molecule has 2 aromatic carbocycles. The number of hydrogen-bond donors (Lipinski definition) is 1. The van der Waals surface area contributed by atoms with Gasteiger partial charge in [-0.3, -0.25) is 0 Å². The van der Waals surface area contributed by atoms with Gasteiger partial charge in [0.05, 0.1) is 17.3 Å². The van der Waals surface area contributed by atoms with Gasteiger partial charge in [0.15, 0.2) is 0 Å². The van der Waals surface area contributed by atoms with E-state index >= 15 is 0 Å². The Hall–Kier alpha value is -3.05. The van der Waals surface area contributed by atoms with Crippen molar-refractivity contribution in [1.82, 2.24) is 19.7 Å². The molecule has 1 aliphatic carbocycles. The monoisotopic (exact) mass is 356 g/mol. The molecule has 0 radical (unpaired) electrons. The van der Waals surface area contributed by atoms with Crippen LogP contribution >= 0.6 is 0 Å². The minimum atomic E-state index is -0.652. The number of fused-ring (bicyclic) bond motifs is 1. The highest BCUT2D eigenvalue weighted by Gasteiger charge is 2.23. The summed E-state index contributed by atoms with van der Waals surface area (Å²) < 4.78 is 1.70. The minimum absolute atomic E-state index is 0.500. The lowest BCUT2D eigenvalue weighted by Gasteiger charge is -2.06. The first-order valence-corrected chi connectivity index (χ1v) is 9.29. The van der Waals surface area contributed by atoms with E-state index in [4.69, 9.17) is 0 Å². The Morgan fingerprint density at radius 3 is 2.52 bits per heavy atom. The summed E-state index contributed by atoms with van der Waals surface area (Å²) in [5, 5.41) is 15.5. The van der Waals surface area contributed by atoms with Crippen LogP contribution in [0.3, 0.4) is 0 Å². The lowest BCUT2D eigenvalue weighted by Crippen LogP contribution is -2.04. The second-order valence-corrected chi connectivity index (χ2v) is 7.16. The van der Waals surface area contributed by atoms with Crippen LogP contribution in [0.1, 0.15) is 43.0 Å². The van der Waals surface area contributed by atoms with E-state index in [-0.39, 0.29) is 0 Å². The molecule has 0 amide bonds. The Kier molecular flexibility index (Phi) is 3.76. The van der Waals surface area contributed by atoms with Crippen molar-refractivity contribution in [1.29, 1.82) is 0 Å². The molecule has 0 aliphatic heterocycles. The van der Waals surface area contributed by atoms with E-state index in [0.29, 0.717) is 11.6 Å². The van der Waals surface area contributed by atoms with E-state index in [1.165, 1.54) is 18.4 Å². The van der Waals surface area contributed by atoms with Crippen molar-refractivity contribution < 1.29 is 5.11 Å². The average molecular weight is 356 g/mol. The van der Waals surface area contributed by atoms with Gasteiger partial charge in [-0.2, -0.15) is 9.78 Å². The second-order valence-electron chi connectivity index (χ2n) is 7.16. The minimum Gasteiger partial charge on any atom is -0.387 e. The summed E-state index contributed by atoms with van der Waals surface area (Å²) in [6.07, 6.45) is 5.61. The van der Waals surface area contributed by atoms with Crippen molar-refractivity contribution >= 4 is 10.9 Å². The van der Waals surface area contributed by atoms with Crippen molar-refractivity contribution in [3.8, 4) is 17.1 Å². The Morgan fingerprint density at radius 1 is 1.00 bits per heavy atom. The molecular formula is C22H20N4O. The fraction of sp³-hybridized carbons (Fsp3) is 0.227. The summed E-state index contributed by atoms with van der Waals surface area (Å²) in [6, 6.07) is 16.4. The Labute approximate surface area is 157 Å². The second kappa shape index (κ2) is 6.28. The quantitative estimate of drug-likeness (QED) is 0.588. The predicted molar refractivity (Wildman–Crippen MR) is 105 cm³/mol. The fourth-order valence-corrected chi connectivity index (χ4v) is 3.52. The summed E-state index contributed by atoms with van der Waals surface area (Å²) in [7, 11) is 0. The van der Waals surface area contributed by atoms with Crippen molar-refractivity contribution in [3.05, 3.63) is 72.2 Å². The number of hydrogen-bond acceptors (Lipinski definition) is 4. The molecule has 2 heterocycles. The van der Waals surface area contributed by atoms with E-state index in [9.17, 15) is 5.11 Å². The van der Waals surface area contributed by atoms with Gasteiger partial charge >= 0.3 is 0 Å². The summed E-state index contributed by atoms with van der Waals surface area (Å²) >= 11 is 0. The maximum Gasteiger partial charge on any atom is 0.251 e. The lowest BCUT2D eigenvalue weighted by molar-refractivity contribution is 0.195. The largest absolute Gasteiger partial charge is 0.387 e. The number of nitrogens with zero attached hydrogens (tertiary/aromatic N) is 4. The van der Waals surface area contributed by atoms with Crippen molar-refractivity contribution in [2.45, 2.75) is 31.8 Å². The zero-order valence-corrected chi connectivity index (χ0v) is 15.1. The van der Waals surface area contributed by atoms with Crippen molar-refractivity contribution in [2.75, 3.05) is 0 Å². The molecule has 1 fully saturated rings. The van der Waals surface area contributed by atoms with Crippen LogP contribution < -0.4 is 0 Å². The van der Waals surface area contributed by atoms with Crippen molar-refractivity contribution in [2.24, 2.45) is 0 Å². The molecule has 1 N–H and O–H groups in total. The molecule has 27 heavy (non-hydrogen) atoms. The molecule has 1 aliphatic rings. The van der Waals surface area contributed by atoms with Gasteiger partial charge in [0.25, 0.3) is 5.95 Å². The van der Waals surface area contributed by atoms with Gasteiger partial charge in [-0.15, -0.1) is 0 Å². The zero-order chi connectivity index (χ0) is 18.4. The highest BCUT2D eigenvalue weighted by atomic mass is 16.3. The highest BCUT2D eigenvalue weighted by molar-refractivity contribution is 5.83. The third-order valence-electron chi connectivity index (χ3n) is 5.11. The Morgan fingerprint density at radius 2 is 1.78 bits per heavy atom. The van der Waals surface area contributed by atoms with Gasteiger partial charge in [-0.05, 0) is 42.9 Å². The van der Waals surface area contributed by atoms with Crippen LogP contribution in [-0.2, 0) is 0 Å². The number of aliphatic hydroxyl groups excluding tert-OH is 1. The van der Waals surface area contributed by atoms with Crippen LogP contribution in [0.2, 0.25) is 0 Å². The molecule has 2 aromatic heterocycles. The van der Waals surface area contributed by atoms with E-state index in [2.05, 4.69) is 39.3 Å². The van der Waals surface area contributed by atoms with Crippen LogP contribution in [-0.4, -0.2) is 24.9 Å². The summed E-state index contributed by atoms with van der Waals surface area (Å²) in [5.74, 6) is 1.22. The normalized spacial score (nSPS) is 15.2. The SMILES string of the molecule is CC(O)c1nn(-c2ncc(-c3cccc(C4CC4)c3)cn2)c2ccccc12. The molecule has 134 valence electrons. The molecule has 5 heteroatoms. The average Bonchev–Trinajstić information content (AvgIpc) is 3.48. The number of aromatic nitrogens is 4. The third-order valence-corrected chi connectivity index (χ3v) is 5.11. The highest BCUT2D eigenvalue weighted by Crippen LogP contribution is 2.41. The molecule has 0 bridgehead atoms. The Balaban J connectivity index is 1.54. The summed E-state index contributed by atoms with van der Waals surface area (Å²) in [6.45, 7) is 1.72. The smallest absolute Gasteiger partial charge is 0.251 e. The van der Waals surface area contributed by atoms with Crippen LogP contribution in [0, 0.1) is 0 Å². The van der Waals surface area contributed by atoms with E-state index < -0.39 is 6.10 Å². The number of aliphatic hydroxyl groups is 1. The van der Waals surface area contributed by atoms with Gasteiger partial charge in [0.1, 0.15) is 0 Å². The molecule has 1 saturated carbocycles. The van der Waals surface area contributed by atoms with Gasteiger partial charge in [0, 0.05) is 23.3 Å². The van der Waals surface area contributed by atoms with Gasteiger partial charge in [0.2, 0.25) is 0 Å². The first kappa shape index (κ1) is 16.1. The first-order valence-electron chi connectivity index (χ1n) is 9.29. The lowest BCUT2D eigenvalue weighted by atomic mass is 10.0. The molecule has 5 rings (SSSR count). The van der Waals surface area contributed by atoms with E-state index in [1.54, 1.807) is 11.6 Å². The van der Waals surface area contributed by atoms with Crippen LogP contribution in [0.4, 0.5) is 0 Å². The molecular weight excluding hydrogens is 336 g/mol. The molecule has 5 nitrogen and oxygen atoms in total. The maximum atomic E-state index is 10.0. The molecule has 1 unspecified atom stereocenters. The summed E-state index contributed by atoms with van der Waals surface area (Å²) in [5.41, 5.74) is 5.05.